The van der Waals surface area contributed by atoms with Crippen LogP contribution >= 0.6 is 35.6 Å². The molecule has 3 rings (SSSR count). The van der Waals surface area contributed by atoms with Crippen molar-refractivity contribution in [1.82, 2.24) is 5.32 Å². The van der Waals surface area contributed by atoms with E-state index >= 15 is 0 Å². The summed E-state index contributed by atoms with van der Waals surface area (Å²) in [6.45, 7) is 6.97. The van der Waals surface area contributed by atoms with Gasteiger partial charge in [-0.05, 0) is 81.2 Å². The van der Waals surface area contributed by atoms with E-state index < -0.39 is 6.10 Å². The van der Waals surface area contributed by atoms with Crippen LogP contribution < -0.4 is 10.1 Å². The van der Waals surface area contributed by atoms with Gasteiger partial charge in [0.05, 0.1) is 11.6 Å². The van der Waals surface area contributed by atoms with Crippen LogP contribution in [0.4, 0.5) is 0 Å². The molecule has 0 amide bonds. The number of rotatable bonds is 12. The highest BCUT2D eigenvalue weighted by molar-refractivity contribution is 6.36. The van der Waals surface area contributed by atoms with E-state index in [0.29, 0.717) is 41.3 Å². The number of aliphatic hydroxyl groups is 1. The minimum atomic E-state index is -0.699. The van der Waals surface area contributed by atoms with E-state index in [0.717, 1.165) is 24.8 Å². The molecule has 5 nitrogen and oxygen atoms in total. The van der Waals surface area contributed by atoms with Crippen LogP contribution in [0.3, 0.4) is 0 Å². The Morgan fingerprint density at radius 3 is 2.46 bits per heavy atom. The molecule has 8 heteroatoms. The Hall–Kier alpha value is -1.50. The van der Waals surface area contributed by atoms with Gasteiger partial charge in [0.15, 0.2) is 0 Å². The number of aliphatic hydroxyl groups excluding tert-OH is 1. The van der Waals surface area contributed by atoms with E-state index in [-0.39, 0.29) is 36.9 Å². The average Bonchev–Trinajstić information content (AvgIpc) is 3.18. The molecule has 2 N–H and O–H groups in total. The molecule has 0 heterocycles. The second-order valence-electron chi connectivity index (χ2n) is 9.66. The summed E-state index contributed by atoms with van der Waals surface area (Å²) in [4.78, 5) is 11.7. The Morgan fingerprint density at radius 1 is 1.17 bits per heavy atom. The van der Waals surface area contributed by atoms with Crippen molar-refractivity contribution in [1.29, 1.82) is 0 Å². The van der Waals surface area contributed by atoms with Crippen LogP contribution in [0.1, 0.15) is 50.3 Å². The van der Waals surface area contributed by atoms with Gasteiger partial charge in [0.25, 0.3) is 0 Å². The Labute approximate surface area is 224 Å². The fraction of sp³-hybridized carbons (Fsp3) is 0.519. The predicted molar refractivity (Wildman–Crippen MR) is 144 cm³/mol. The highest BCUT2D eigenvalue weighted by atomic mass is 35.5. The maximum Gasteiger partial charge on any atom is 0.306 e. The van der Waals surface area contributed by atoms with Crippen LogP contribution in [0, 0.1) is 5.92 Å². The van der Waals surface area contributed by atoms with Crippen LogP contribution in [0.5, 0.6) is 5.75 Å². The van der Waals surface area contributed by atoms with Crippen molar-refractivity contribution in [2.24, 2.45) is 5.92 Å². The number of fused-ring (bicyclic) bond motifs is 1. The molecule has 1 atom stereocenters. The maximum atomic E-state index is 11.7. The molecule has 0 saturated heterocycles. The number of carbonyl (C=O) groups excluding carboxylic acids is 1. The Kier molecular flexibility index (Phi) is 11.6. The van der Waals surface area contributed by atoms with E-state index in [9.17, 15) is 9.90 Å². The van der Waals surface area contributed by atoms with Crippen molar-refractivity contribution >= 4 is 41.6 Å². The fourth-order valence-corrected chi connectivity index (χ4v) is 5.10. The van der Waals surface area contributed by atoms with Crippen molar-refractivity contribution < 1.29 is 19.4 Å². The number of nitrogens with one attached hydrogen (secondary N) is 1. The van der Waals surface area contributed by atoms with Crippen LogP contribution in [-0.2, 0) is 28.8 Å². The molecule has 1 aliphatic rings. The highest BCUT2D eigenvalue weighted by Crippen LogP contribution is 2.33. The third-order valence-corrected chi connectivity index (χ3v) is 6.83. The standard InChI is InChI=1S/C27H35Cl2NO4.ClH/c1-4-33-26(32)10-9-21-13-25(24(29)14-23(21)28)34-17-22(31)16-30-27(2,3)15-18-11-19-7-5-6-8-20(19)12-18;/h5-8,13-14,18,22,30-31H,4,9-12,15-17H2,1-3H3;1H/t22-;/m1./s1. The van der Waals surface area contributed by atoms with Crippen molar-refractivity contribution in [2.45, 2.75) is 64.5 Å². The number of carbonyl (C=O) groups is 1. The first-order valence-corrected chi connectivity index (χ1v) is 12.7. The van der Waals surface area contributed by atoms with E-state index in [1.807, 2.05) is 0 Å². The van der Waals surface area contributed by atoms with Crippen LogP contribution in [0.15, 0.2) is 36.4 Å². The minimum absolute atomic E-state index is 0. The zero-order valence-corrected chi connectivity index (χ0v) is 22.9. The van der Waals surface area contributed by atoms with Crippen molar-refractivity contribution in [2.75, 3.05) is 19.8 Å². The second kappa shape index (κ2) is 13.7. The van der Waals surface area contributed by atoms with Crippen molar-refractivity contribution in [3.63, 3.8) is 0 Å². The molecule has 0 unspecified atom stereocenters. The summed E-state index contributed by atoms with van der Waals surface area (Å²) in [6, 6.07) is 12.0. The molecule has 194 valence electrons. The number of hydrogen-bond acceptors (Lipinski definition) is 5. The summed E-state index contributed by atoms with van der Waals surface area (Å²) in [7, 11) is 0. The van der Waals surface area contributed by atoms with Gasteiger partial charge in [0, 0.05) is 23.5 Å². The number of benzene rings is 2. The molecule has 0 radical (unpaired) electrons. The van der Waals surface area contributed by atoms with Gasteiger partial charge in [-0.25, -0.2) is 0 Å². The molecule has 0 spiro atoms. The van der Waals surface area contributed by atoms with Gasteiger partial charge in [0.1, 0.15) is 18.5 Å². The van der Waals surface area contributed by atoms with Gasteiger partial charge >= 0.3 is 5.97 Å². The van der Waals surface area contributed by atoms with Gasteiger partial charge in [-0.15, -0.1) is 12.4 Å². The molecule has 35 heavy (non-hydrogen) atoms. The summed E-state index contributed by atoms with van der Waals surface area (Å²) in [5.74, 6) is 0.766. The zero-order valence-electron chi connectivity index (χ0n) is 20.6. The lowest BCUT2D eigenvalue weighted by Gasteiger charge is -2.30. The zero-order chi connectivity index (χ0) is 24.7. The summed E-state index contributed by atoms with van der Waals surface area (Å²) in [5, 5.41) is 14.8. The summed E-state index contributed by atoms with van der Waals surface area (Å²) in [5.41, 5.74) is 3.56. The summed E-state index contributed by atoms with van der Waals surface area (Å²) >= 11 is 12.6. The van der Waals surface area contributed by atoms with Crippen molar-refractivity contribution in [3.8, 4) is 5.75 Å². The number of ether oxygens (including phenoxy) is 2. The van der Waals surface area contributed by atoms with E-state index in [1.54, 1.807) is 19.1 Å². The van der Waals surface area contributed by atoms with Gasteiger partial charge in [-0.2, -0.15) is 0 Å². The number of hydrogen-bond donors (Lipinski definition) is 2. The van der Waals surface area contributed by atoms with Crippen LogP contribution in [-0.4, -0.2) is 42.5 Å². The Morgan fingerprint density at radius 2 is 1.83 bits per heavy atom. The average molecular weight is 545 g/mol. The van der Waals surface area contributed by atoms with Crippen molar-refractivity contribution in [3.05, 3.63) is 63.1 Å². The Balaban J connectivity index is 0.00000432. The second-order valence-corrected chi connectivity index (χ2v) is 10.5. The Bertz CT molecular complexity index is 958. The lowest BCUT2D eigenvalue weighted by Crippen LogP contribution is -2.46. The molecule has 0 saturated carbocycles. The third-order valence-electron chi connectivity index (χ3n) is 6.19. The highest BCUT2D eigenvalue weighted by Gasteiger charge is 2.28. The molecule has 0 aromatic heterocycles. The molecule has 1 aliphatic carbocycles. The predicted octanol–water partition coefficient (Wildman–Crippen LogP) is 5.82. The molecular weight excluding hydrogens is 509 g/mol. The molecule has 2 aromatic rings. The first kappa shape index (κ1) is 29.7. The number of halogens is 3. The normalized spacial score (nSPS) is 14.2. The molecule has 2 aromatic carbocycles. The topological polar surface area (TPSA) is 67.8 Å². The summed E-state index contributed by atoms with van der Waals surface area (Å²) in [6.07, 6.45) is 3.20. The fourth-order valence-electron chi connectivity index (χ4n) is 4.57. The first-order valence-electron chi connectivity index (χ1n) is 11.9. The number of β-amino-alcohol motifs (C(OH)–C–C–N with tert-alkyl or cyclic N) is 1. The monoisotopic (exact) mass is 543 g/mol. The van der Waals surface area contributed by atoms with Gasteiger partial charge in [-0.3, -0.25) is 4.79 Å². The van der Waals surface area contributed by atoms with Gasteiger partial charge in [-0.1, -0.05) is 47.5 Å². The maximum absolute atomic E-state index is 11.7. The lowest BCUT2D eigenvalue weighted by atomic mass is 9.88. The van der Waals surface area contributed by atoms with E-state index in [4.69, 9.17) is 32.7 Å². The molecule has 0 aliphatic heterocycles. The van der Waals surface area contributed by atoms with Crippen LogP contribution in [0.2, 0.25) is 10.0 Å². The minimum Gasteiger partial charge on any atom is -0.489 e. The van der Waals surface area contributed by atoms with E-state index in [1.165, 1.54) is 11.1 Å². The molecular formula is C27H36Cl3NO4. The molecule has 0 fully saturated rings. The quantitative estimate of drug-likeness (QED) is 0.329. The third kappa shape index (κ3) is 9.14. The summed E-state index contributed by atoms with van der Waals surface area (Å²) < 4.78 is 10.8. The number of aryl methyl sites for hydroxylation is 1. The molecule has 0 bridgehead atoms. The smallest absolute Gasteiger partial charge is 0.306 e. The SMILES string of the molecule is CCOC(=O)CCc1cc(OC[C@H](O)CNC(C)(C)CC2Cc3ccccc3C2)c(Cl)cc1Cl.Cl. The number of esters is 1. The van der Waals surface area contributed by atoms with E-state index in [2.05, 4.69) is 43.4 Å². The van der Waals surface area contributed by atoms with Gasteiger partial charge < -0.3 is 19.9 Å². The van der Waals surface area contributed by atoms with Crippen LogP contribution in [0.25, 0.3) is 0 Å². The largest absolute Gasteiger partial charge is 0.489 e. The first-order chi connectivity index (χ1) is 16.2. The lowest BCUT2D eigenvalue weighted by molar-refractivity contribution is -0.143. The van der Waals surface area contributed by atoms with Gasteiger partial charge in [0.2, 0.25) is 0 Å².